The van der Waals surface area contributed by atoms with Crippen LogP contribution in [0.2, 0.25) is 0 Å². The molecule has 1 fully saturated rings. The third-order valence-electron chi connectivity index (χ3n) is 1.65. The molecule has 0 aromatic rings. The minimum Gasteiger partial charge on any atom is -0.300 e. The van der Waals surface area contributed by atoms with Crippen molar-refractivity contribution in [1.82, 2.24) is 0 Å². The fourth-order valence-corrected chi connectivity index (χ4v) is 7.95. The summed E-state index contributed by atoms with van der Waals surface area (Å²) in [6.45, 7) is 0. The summed E-state index contributed by atoms with van der Waals surface area (Å²) in [4.78, 5) is 0. The Balaban J connectivity index is 2.61. The standard InChI is InChI=1S/C7H11OPS2/c1-3-7-5-4-6-9(8,10-2)11-7/h1,7H,4-6H2,2H3. The molecule has 4 heteroatoms. The Kier molecular flexibility index (Phi) is 3.43. The summed E-state index contributed by atoms with van der Waals surface area (Å²) in [5, 5.41) is 0.196. The third kappa shape index (κ3) is 2.47. The maximum atomic E-state index is 11.8. The molecule has 1 saturated heterocycles. The Hall–Kier alpha value is 0.490. The van der Waals surface area contributed by atoms with Gasteiger partial charge in [0.05, 0.1) is 5.25 Å². The molecule has 11 heavy (non-hydrogen) atoms. The molecule has 0 amide bonds. The Morgan fingerprint density at radius 1 is 1.82 bits per heavy atom. The van der Waals surface area contributed by atoms with Crippen LogP contribution in [0.4, 0.5) is 0 Å². The van der Waals surface area contributed by atoms with Crippen molar-refractivity contribution in [2.24, 2.45) is 0 Å². The normalized spacial score (nSPS) is 38.0. The van der Waals surface area contributed by atoms with Crippen LogP contribution in [0.1, 0.15) is 12.8 Å². The van der Waals surface area contributed by atoms with Gasteiger partial charge in [0.15, 0.2) is 5.55 Å². The zero-order chi connectivity index (χ0) is 8.32. The number of rotatable bonds is 1. The van der Waals surface area contributed by atoms with Crippen LogP contribution in [0.15, 0.2) is 0 Å². The quantitative estimate of drug-likeness (QED) is 0.485. The van der Waals surface area contributed by atoms with Crippen molar-refractivity contribution < 1.29 is 4.57 Å². The molecular weight excluding hydrogens is 195 g/mol. The molecule has 2 atom stereocenters. The van der Waals surface area contributed by atoms with E-state index < -0.39 is 5.55 Å². The highest BCUT2D eigenvalue weighted by Crippen LogP contribution is 2.71. The van der Waals surface area contributed by atoms with E-state index in [0.29, 0.717) is 0 Å². The van der Waals surface area contributed by atoms with E-state index in [-0.39, 0.29) is 5.25 Å². The molecule has 1 heterocycles. The molecule has 0 aliphatic carbocycles. The molecule has 1 rings (SSSR count). The smallest absolute Gasteiger partial charge is 0.192 e. The minimum absolute atomic E-state index is 0.196. The highest BCUT2D eigenvalue weighted by atomic mass is 33.1. The second kappa shape index (κ2) is 3.94. The first kappa shape index (κ1) is 9.58. The zero-order valence-electron chi connectivity index (χ0n) is 6.45. The summed E-state index contributed by atoms with van der Waals surface area (Å²) in [6.07, 6.45) is 10.1. The highest BCUT2D eigenvalue weighted by Gasteiger charge is 2.29. The van der Waals surface area contributed by atoms with Gasteiger partial charge >= 0.3 is 0 Å². The molecule has 1 nitrogen and oxygen atoms in total. The SMILES string of the molecule is C#CC1CCCP(=O)(SC)S1. The van der Waals surface area contributed by atoms with Crippen LogP contribution in [-0.2, 0) is 4.57 Å². The molecule has 62 valence electrons. The highest BCUT2D eigenvalue weighted by molar-refractivity contribution is 8.90. The van der Waals surface area contributed by atoms with Crippen molar-refractivity contribution >= 4 is 28.3 Å². The van der Waals surface area contributed by atoms with Crippen molar-refractivity contribution in [2.75, 3.05) is 12.4 Å². The Bertz CT molecular complexity index is 221. The van der Waals surface area contributed by atoms with E-state index in [9.17, 15) is 4.57 Å². The Labute approximate surface area is 76.0 Å². The fourth-order valence-electron chi connectivity index (χ4n) is 1.02. The molecule has 0 N–H and O–H groups in total. The van der Waals surface area contributed by atoms with Gasteiger partial charge in [-0.2, -0.15) is 0 Å². The molecule has 0 saturated carbocycles. The summed E-state index contributed by atoms with van der Waals surface area (Å²) >= 11 is 3.01. The molecule has 0 bridgehead atoms. The van der Waals surface area contributed by atoms with Gasteiger partial charge in [-0.15, -0.1) is 6.42 Å². The van der Waals surface area contributed by atoms with E-state index in [1.54, 1.807) is 0 Å². The summed E-state index contributed by atoms with van der Waals surface area (Å²) in [7, 11) is 0. The van der Waals surface area contributed by atoms with Crippen molar-refractivity contribution in [3.8, 4) is 12.3 Å². The number of terminal acetylenes is 1. The van der Waals surface area contributed by atoms with Crippen molar-refractivity contribution in [1.29, 1.82) is 0 Å². The van der Waals surface area contributed by atoms with Crippen LogP contribution in [0, 0.1) is 12.3 Å². The molecule has 1 aliphatic heterocycles. The van der Waals surface area contributed by atoms with Crippen LogP contribution in [0.25, 0.3) is 0 Å². The van der Waals surface area contributed by atoms with Crippen LogP contribution in [0.3, 0.4) is 0 Å². The van der Waals surface area contributed by atoms with Gasteiger partial charge < -0.3 is 4.57 Å². The lowest BCUT2D eigenvalue weighted by Crippen LogP contribution is -2.05. The summed E-state index contributed by atoms with van der Waals surface area (Å²) in [5.74, 6) is 2.67. The maximum absolute atomic E-state index is 11.8. The second-order valence-corrected chi connectivity index (χ2v) is 11.2. The van der Waals surface area contributed by atoms with Crippen molar-refractivity contribution in [3.63, 3.8) is 0 Å². The predicted octanol–water partition coefficient (Wildman–Crippen LogP) is 3.07. The first-order chi connectivity index (χ1) is 5.20. The van der Waals surface area contributed by atoms with E-state index in [2.05, 4.69) is 5.92 Å². The average molecular weight is 206 g/mol. The van der Waals surface area contributed by atoms with Gasteiger partial charge in [0.2, 0.25) is 0 Å². The minimum atomic E-state index is -1.98. The second-order valence-electron chi connectivity index (χ2n) is 2.42. The van der Waals surface area contributed by atoms with Crippen molar-refractivity contribution in [2.45, 2.75) is 18.1 Å². The largest absolute Gasteiger partial charge is 0.300 e. The van der Waals surface area contributed by atoms with E-state index in [1.165, 1.54) is 22.8 Å². The van der Waals surface area contributed by atoms with Gasteiger partial charge in [-0.3, -0.25) is 0 Å². The third-order valence-corrected chi connectivity index (χ3v) is 10.6. The zero-order valence-corrected chi connectivity index (χ0v) is 8.98. The Morgan fingerprint density at radius 2 is 2.55 bits per heavy atom. The summed E-state index contributed by atoms with van der Waals surface area (Å²) in [5.41, 5.74) is -1.98. The molecule has 0 radical (unpaired) electrons. The number of hydrogen-bond donors (Lipinski definition) is 0. The van der Waals surface area contributed by atoms with E-state index >= 15 is 0 Å². The first-order valence-electron chi connectivity index (χ1n) is 3.49. The summed E-state index contributed by atoms with van der Waals surface area (Å²) < 4.78 is 11.8. The summed E-state index contributed by atoms with van der Waals surface area (Å²) in [6, 6.07) is 0. The van der Waals surface area contributed by atoms with Gasteiger partial charge in [0, 0.05) is 6.16 Å². The predicted molar refractivity (Wildman–Crippen MR) is 55.4 cm³/mol. The lowest BCUT2D eigenvalue weighted by Gasteiger charge is -2.23. The van der Waals surface area contributed by atoms with E-state index in [4.69, 9.17) is 6.42 Å². The molecular formula is C7H11OPS2. The average Bonchev–Trinajstić information content (AvgIpc) is 2.05. The lowest BCUT2D eigenvalue weighted by atomic mass is 10.2. The van der Waals surface area contributed by atoms with Gasteiger partial charge in [-0.1, -0.05) is 28.7 Å². The van der Waals surface area contributed by atoms with Crippen LogP contribution in [0.5, 0.6) is 0 Å². The van der Waals surface area contributed by atoms with Crippen LogP contribution in [-0.4, -0.2) is 17.7 Å². The first-order valence-corrected chi connectivity index (χ1v) is 8.70. The van der Waals surface area contributed by atoms with E-state index in [0.717, 1.165) is 19.0 Å². The van der Waals surface area contributed by atoms with Crippen LogP contribution >= 0.6 is 28.3 Å². The van der Waals surface area contributed by atoms with Crippen molar-refractivity contribution in [3.05, 3.63) is 0 Å². The lowest BCUT2D eigenvalue weighted by molar-refractivity contribution is 0.590. The van der Waals surface area contributed by atoms with Gasteiger partial charge in [0.1, 0.15) is 0 Å². The van der Waals surface area contributed by atoms with E-state index in [1.807, 2.05) is 6.26 Å². The maximum Gasteiger partial charge on any atom is 0.192 e. The molecule has 0 aromatic carbocycles. The van der Waals surface area contributed by atoms with Gasteiger partial charge in [-0.25, -0.2) is 0 Å². The van der Waals surface area contributed by atoms with Gasteiger partial charge in [-0.05, 0) is 19.1 Å². The topological polar surface area (TPSA) is 17.1 Å². The molecule has 1 aliphatic rings. The Morgan fingerprint density at radius 3 is 3.09 bits per heavy atom. The molecule has 2 unspecified atom stereocenters. The monoisotopic (exact) mass is 206 g/mol. The van der Waals surface area contributed by atoms with Gasteiger partial charge in [0.25, 0.3) is 0 Å². The fraction of sp³-hybridized carbons (Fsp3) is 0.714. The molecule has 0 aromatic heterocycles. The molecule has 0 spiro atoms. The number of hydrogen-bond acceptors (Lipinski definition) is 3. The van der Waals surface area contributed by atoms with Crippen LogP contribution < -0.4 is 0 Å².